The summed E-state index contributed by atoms with van der Waals surface area (Å²) in [6.07, 6.45) is 10.9. The van der Waals surface area contributed by atoms with Gasteiger partial charge < -0.3 is 4.74 Å². The minimum atomic E-state index is -0.678. The van der Waals surface area contributed by atoms with Crippen LogP contribution in [0.1, 0.15) is 48.1 Å². The molecule has 0 aliphatic rings. The maximum atomic E-state index is 13.8. The Morgan fingerprint density at radius 3 is 2.56 bits per heavy atom. The van der Waals surface area contributed by atoms with Gasteiger partial charge in [-0.25, -0.2) is 24.3 Å². The van der Waals surface area contributed by atoms with Gasteiger partial charge in [-0.2, -0.15) is 0 Å². The topological polar surface area (TPSA) is 142 Å². The summed E-state index contributed by atoms with van der Waals surface area (Å²) < 4.78 is 11.6. The molecule has 0 unspecified atom stereocenters. The zero-order valence-corrected chi connectivity index (χ0v) is 23.6. The standard InChI is InChI=1S/C27H26IN7O4/c1-5-7-9-22-20(24(36)35(25(28)32-22)26-30-14-18(38-4)15-31-26)12-17-10-11-21(29-13-17)19(8-6-2)16(3)23-33-27(37)39-34-23/h6,8,10-11,13-15H,2-3,5,7,9,12H2,1,4H3,(H,33,34,37)/b19-8+. The number of allylic oxidation sites excluding steroid dienone is 4. The molecule has 0 atom stereocenters. The first-order valence-corrected chi connectivity index (χ1v) is 13.1. The van der Waals surface area contributed by atoms with E-state index in [1.807, 2.05) is 34.7 Å². The van der Waals surface area contributed by atoms with E-state index in [9.17, 15) is 9.59 Å². The molecule has 0 aliphatic carbocycles. The summed E-state index contributed by atoms with van der Waals surface area (Å²) in [6.45, 7) is 9.86. The van der Waals surface area contributed by atoms with Crippen LogP contribution in [-0.4, -0.2) is 41.8 Å². The second kappa shape index (κ2) is 12.6. The van der Waals surface area contributed by atoms with E-state index in [2.05, 4.69) is 49.7 Å². The number of pyridine rings is 1. The highest BCUT2D eigenvalue weighted by molar-refractivity contribution is 14.1. The van der Waals surface area contributed by atoms with Crippen molar-refractivity contribution < 1.29 is 9.26 Å². The van der Waals surface area contributed by atoms with Crippen molar-refractivity contribution in [2.75, 3.05) is 7.11 Å². The van der Waals surface area contributed by atoms with Gasteiger partial charge in [-0.1, -0.05) is 49.9 Å². The minimum absolute atomic E-state index is 0.200. The lowest BCUT2D eigenvalue weighted by Crippen LogP contribution is -2.29. The molecule has 200 valence electrons. The Kier molecular flexibility index (Phi) is 8.96. The molecule has 0 saturated carbocycles. The highest BCUT2D eigenvalue weighted by atomic mass is 127. The molecular formula is C27H26IN7O4. The van der Waals surface area contributed by atoms with E-state index in [1.165, 1.54) is 24.1 Å². The normalized spacial score (nSPS) is 11.4. The first kappa shape index (κ1) is 27.8. The molecule has 4 heterocycles. The second-order valence-electron chi connectivity index (χ2n) is 8.44. The zero-order chi connectivity index (χ0) is 27.9. The molecule has 0 aliphatic heterocycles. The van der Waals surface area contributed by atoms with Gasteiger partial charge in [-0.05, 0) is 24.5 Å². The van der Waals surface area contributed by atoms with Gasteiger partial charge in [-0.15, -0.1) is 0 Å². The molecule has 0 radical (unpaired) electrons. The molecular weight excluding hydrogens is 613 g/mol. The maximum Gasteiger partial charge on any atom is 0.439 e. The van der Waals surface area contributed by atoms with Gasteiger partial charge in [0.25, 0.3) is 5.56 Å². The Hall–Kier alpha value is -4.20. The van der Waals surface area contributed by atoms with Crippen LogP contribution in [0.2, 0.25) is 0 Å². The van der Waals surface area contributed by atoms with E-state index in [1.54, 1.807) is 18.3 Å². The third-order valence-electron chi connectivity index (χ3n) is 5.86. The van der Waals surface area contributed by atoms with Gasteiger partial charge >= 0.3 is 5.76 Å². The molecule has 11 nitrogen and oxygen atoms in total. The summed E-state index contributed by atoms with van der Waals surface area (Å²) in [4.78, 5) is 45.5. The van der Waals surface area contributed by atoms with Crippen molar-refractivity contribution in [2.24, 2.45) is 0 Å². The zero-order valence-electron chi connectivity index (χ0n) is 21.5. The molecule has 1 N–H and O–H groups in total. The maximum absolute atomic E-state index is 13.8. The molecule has 0 saturated heterocycles. The Balaban J connectivity index is 1.70. The smallest absolute Gasteiger partial charge is 0.439 e. The van der Waals surface area contributed by atoms with Crippen molar-refractivity contribution in [1.82, 2.24) is 34.6 Å². The number of aromatic amines is 1. The van der Waals surface area contributed by atoms with E-state index in [-0.39, 0.29) is 17.3 Å². The molecule has 0 fully saturated rings. The van der Waals surface area contributed by atoms with Crippen molar-refractivity contribution in [2.45, 2.75) is 32.6 Å². The molecule has 12 heteroatoms. The first-order valence-electron chi connectivity index (χ1n) is 12.1. The fourth-order valence-corrected chi connectivity index (χ4v) is 4.57. The predicted octanol–water partition coefficient (Wildman–Crippen LogP) is 3.92. The minimum Gasteiger partial charge on any atom is -0.494 e. The van der Waals surface area contributed by atoms with E-state index in [0.717, 1.165) is 24.1 Å². The highest BCUT2D eigenvalue weighted by Crippen LogP contribution is 2.27. The summed E-state index contributed by atoms with van der Waals surface area (Å²) >= 11 is 2.04. The van der Waals surface area contributed by atoms with Crippen LogP contribution >= 0.6 is 22.6 Å². The first-order chi connectivity index (χ1) is 18.9. The van der Waals surface area contributed by atoms with E-state index in [4.69, 9.17) is 9.72 Å². The van der Waals surface area contributed by atoms with Gasteiger partial charge in [-0.3, -0.25) is 19.3 Å². The SMILES string of the molecule is C=C/C=C(\C(=C)c1noc(=O)[nH]1)c1ccc(Cc2c(CCCC)nc(I)n(-c3ncc(OC)cn3)c2=O)cn1. The van der Waals surface area contributed by atoms with E-state index in [0.29, 0.717) is 44.8 Å². The predicted molar refractivity (Wildman–Crippen MR) is 155 cm³/mol. The molecule has 4 aromatic rings. The van der Waals surface area contributed by atoms with Crippen LogP contribution in [0.15, 0.2) is 70.1 Å². The lowest BCUT2D eigenvalue weighted by molar-refractivity contribution is 0.385. The summed E-state index contributed by atoms with van der Waals surface area (Å²) in [7, 11) is 1.52. The number of rotatable bonds is 11. The van der Waals surface area contributed by atoms with E-state index >= 15 is 0 Å². The number of halogens is 1. The van der Waals surface area contributed by atoms with Gasteiger partial charge in [0, 0.05) is 51.9 Å². The monoisotopic (exact) mass is 639 g/mol. The number of nitrogens with zero attached hydrogens (tertiary/aromatic N) is 6. The number of methoxy groups -OCH3 is 1. The van der Waals surface area contributed by atoms with Gasteiger partial charge in [0.2, 0.25) is 5.95 Å². The van der Waals surface area contributed by atoms with Gasteiger partial charge in [0.1, 0.15) is 0 Å². The molecule has 39 heavy (non-hydrogen) atoms. The Labute approximate surface area is 237 Å². The number of aromatic nitrogens is 7. The average Bonchev–Trinajstić information content (AvgIpc) is 3.39. The molecule has 0 spiro atoms. The fraction of sp³-hybridized carbons (Fsp3) is 0.222. The third kappa shape index (κ3) is 6.28. The van der Waals surface area contributed by atoms with Crippen LogP contribution in [0, 0.1) is 3.83 Å². The second-order valence-corrected chi connectivity index (χ2v) is 9.40. The number of hydrogen-bond donors (Lipinski definition) is 1. The largest absolute Gasteiger partial charge is 0.494 e. The number of aryl methyl sites for hydroxylation is 1. The van der Waals surface area contributed by atoms with Crippen LogP contribution in [0.25, 0.3) is 17.1 Å². The fourth-order valence-electron chi connectivity index (χ4n) is 3.84. The number of unbranched alkanes of at least 4 members (excludes halogenated alkanes) is 1. The van der Waals surface area contributed by atoms with Crippen molar-refractivity contribution >= 4 is 33.7 Å². The Bertz CT molecular complexity index is 1630. The Morgan fingerprint density at radius 1 is 1.21 bits per heavy atom. The quantitative estimate of drug-likeness (QED) is 0.147. The summed E-state index contributed by atoms with van der Waals surface area (Å²) in [5, 5.41) is 3.70. The number of ether oxygens (including phenoxy) is 1. The van der Waals surface area contributed by atoms with Crippen molar-refractivity contribution in [1.29, 1.82) is 0 Å². The molecule has 4 rings (SSSR count). The summed E-state index contributed by atoms with van der Waals surface area (Å²) in [5.41, 5.74) is 3.51. The van der Waals surface area contributed by atoms with E-state index < -0.39 is 5.76 Å². The summed E-state index contributed by atoms with van der Waals surface area (Å²) in [5.74, 6) is 0.232. The number of nitrogens with one attached hydrogen (secondary N) is 1. The summed E-state index contributed by atoms with van der Waals surface area (Å²) in [6, 6.07) is 3.69. The van der Waals surface area contributed by atoms with Crippen LogP contribution in [-0.2, 0) is 12.8 Å². The van der Waals surface area contributed by atoms with Gasteiger partial charge in [0.05, 0.1) is 30.9 Å². The van der Waals surface area contributed by atoms with Crippen LogP contribution in [0.4, 0.5) is 0 Å². The van der Waals surface area contributed by atoms with Crippen LogP contribution < -0.4 is 16.1 Å². The highest BCUT2D eigenvalue weighted by Gasteiger charge is 2.19. The van der Waals surface area contributed by atoms with Crippen LogP contribution in [0.3, 0.4) is 0 Å². The lowest BCUT2D eigenvalue weighted by Gasteiger charge is -2.14. The van der Waals surface area contributed by atoms with Crippen molar-refractivity contribution in [3.8, 4) is 11.7 Å². The van der Waals surface area contributed by atoms with Gasteiger partial charge in [0.15, 0.2) is 15.4 Å². The van der Waals surface area contributed by atoms with Crippen LogP contribution in [0.5, 0.6) is 5.75 Å². The number of hydrogen-bond acceptors (Lipinski definition) is 9. The van der Waals surface area contributed by atoms with Crippen molar-refractivity contribution in [3.05, 3.63) is 109 Å². The molecule has 0 amide bonds. The third-order valence-corrected chi connectivity index (χ3v) is 6.58. The molecule has 0 bridgehead atoms. The molecule has 4 aromatic heterocycles. The number of H-pyrrole nitrogens is 1. The Morgan fingerprint density at radius 2 is 1.97 bits per heavy atom. The lowest BCUT2D eigenvalue weighted by atomic mass is 10.00. The molecule has 0 aromatic carbocycles. The van der Waals surface area contributed by atoms with Crippen molar-refractivity contribution in [3.63, 3.8) is 0 Å². The average molecular weight is 639 g/mol.